The summed E-state index contributed by atoms with van der Waals surface area (Å²) in [6, 6.07) is 17.0. The minimum atomic E-state index is -5.50. The van der Waals surface area contributed by atoms with Gasteiger partial charge in [-0.15, -0.1) is 35.1 Å². The third-order valence-corrected chi connectivity index (χ3v) is 11.4. The second kappa shape index (κ2) is 63.8. The Bertz CT molecular complexity index is 1970. The topological polar surface area (TPSA) is 143 Å². The summed E-state index contributed by atoms with van der Waals surface area (Å²) in [7, 11) is -0.680. The molecule has 3 aromatic carbocycles. The van der Waals surface area contributed by atoms with E-state index in [-0.39, 0.29) is 231 Å². The second-order valence-electron chi connectivity index (χ2n) is 19.6. The van der Waals surface area contributed by atoms with E-state index in [1.54, 1.807) is 12.1 Å². The van der Waals surface area contributed by atoms with Crippen molar-refractivity contribution in [1.82, 2.24) is 0 Å². The van der Waals surface area contributed by atoms with Crippen LogP contribution in [0.5, 0.6) is 17.2 Å². The van der Waals surface area contributed by atoms with Crippen LogP contribution in [-0.4, -0.2) is 119 Å². The Balaban J connectivity index is -0.0000000465. The Hall–Kier alpha value is -0.642. The molecule has 1 N–H and O–H groups in total. The van der Waals surface area contributed by atoms with Crippen molar-refractivity contribution in [3.8, 4) is 17.2 Å². The summed E-state index contributed by atoms with van der Waals surface area (Å²) in [4.78, 5) is 11.2. The van der Waals surface area contributed by atoms with E-state index in [9.17, 15) is 52.7 Å². The first kappa shape index (κ1) is 135. The van der Waals surface area contributed by atoms with Gasteiger partial charge in [0, 0.05) is 0 Å². The Morgan fingerprint density at radius 2 is 0.707 bits per heavy atom. The molecular formula is C62H124B3BrF12K2O12. The number of carbonyl (C=O) groups excluding carboxylic acids is 1. The largest absolute Gasteiger partial charge is 1.00 e. The Kier molecular flexibility index (Phi) is 93.5. The summed E-state index contributed by atoms with van der Waals surface area (Å²) < 4.78 is 168. The number of alkyl halides is 13. The van der Waals surface area contributed by atoms with Crippen molar-refractivity contribution in [3.05, 3.63) is 76.9 Å². The third-order valence-electron chi connectivity index (χ3n) is 11.4. The zero-order valence-corrected chi connectivity index (χ0v) is 57.1. The molecule has 3 heterocycles. The molecule has 0 unspecified atom stereocenters. The summed E-state index contributed by atoms with van der Waals surface area (Å²) in [5.74, 6) is 1.65. The number of ether oxygens (including phenoxy) is 2. The fourth-order valence-electron chi connectivity index (χ4n) is 5.91. The summed E-state index contributed by atoms with van der Waals surface area (Å²) in [5.41, 5.74) is 3.53. The van der Waals surface area contributed by atoms with Gasteiger partial charge in [0.1, 0.15) is 49.4 Å². The van der Waals surface area contributed by atoms with Crippen LogP contribution in [0, 0.1) is 27.7 Å². The van der Waals surface area contributed by atoms with Crippen LogP contribution in [0.15, 0.2) is 54.6 Å². The van der Waals surface area contributed by atoms with Gasteiger partial charge in [0.05, 0.1) is 40.3 Å². The van der Waals surface area contributed by atoms with Gasteiger partial charge in [0.25, 0.3) is 6.47 Å². The quantitative estimate of drug-likeness (QED) is 0.0544. The molecule has 3 aliphatic heterocycles. The molecule has 3 aliphatic rings. The van der Waals surface area contributed by atoms with Crippen LogP contribution in [-0.2, 0) is 37.6 Å². The number of aryl methyl sites for hydroxylation is 4. The fourth-order valence-corrected chi connectivity index (χ4v) is 5.91. The number of carbonyl (C=O) groups is 1. The van der Waals surface area contributed by atoms with Crippen LogP contribution >= 0.6 is 15.9 Å². The molecule has 30 heteroatoms. The number of benzene rings is 3. The molecule has 0 saturated carbocycles. The SMILES string of the molecule is C.C.C.C.C.C.C.C.C.C.C.C.CC1(C)OB(c2cc(OCCF)cc(B3OC(C)(C)C(C)(C)O3)c2)OC1(C)C.CC1(C)OBOC1(C)C.CCF.Cc1cc(C)cc(O)c1.Cc1cc(C)cc(OCCF)c1.FC(F)(F)F.FC(F)(F)F.FCBr.O=CO[O-].[H-].[K+].[K+]. The molecular weight excluding hydrogens is 1360 g/mol. The van der Waals surface area contributed by atoms with E-state index < -0.39 is 68.4 Å². The predicted octanol–water partition coefficient (Wildman–Crippen LogP) is 13.6. The van der Waals surface area contributed by atoms with E-state index in [0.29, 0.717) is 19.2 Å². The molecule has 92 heavy (non-hydrogen) atoms. The number of halogens is 13. The average Bonchev–Trinajstić information content (AvgIpc) is 3.75. The number of phenols is 1. The van der Waals surface area contributed by atoms with Crippen molar-refractivity contribution < 1.29 is 214 Å². The molecule has 0 spiro atoms. The molecule has 0 radical (unpaired) electrons. The van der Waals surface area contributed by atoms with E-state index in [1.807, 2.05) is 147 Å². The van der Waals surface area contributed by atoms with Crippen molar-refractivity contribution >= 4 is 55.2 Å². The first-order valence-corrected chi connectivity index (χ1v) is 24.8. The van der Waals surface area contributed by atoms with Gasteiger partial charge in [0.15, 0.2) is 0 Å². The number of hydrogen-bond acceptors (Lipinski definition) is 12. The van der Waals surface area contributed by atoms with Crippen LogP contribution in [0.1, 0.15) is 203 Å². The number of phenolic OH excluding ortho intramolecular Hbond substituents is 1. The van der Waals surface area contributed by atoms with Gasteiger partial charge in [-0.05, 0) is 187 Å². The third kappa shape index (κ3) is 60.5. The van der Waals surface area contributed by atoms with E-state index >= 15 is 0 Å². The molecule has 12 nitrogen and oxygen atoms in total. The molecule has 0 bridgehead atoms. The van der Waals surface area contributed by atoms with Crippen molar-refractivity contribution in [3.63, 3.8) is 0 Å². The maximum absolute atomic E-state index is 12.7. The van der Waals surface area contributed by atoms with Crippen molar-refractivity contribution in [2.24, 2.45) is 0 Å². The van der Waals surface area contributed by atoms with E-state index in [1.165, 1.54) is 6.92 Å². The van der Waals surface area contributed by atoms with Crippen LogP contribution < -0.4 is 128 Å². The number of hydrogen-bond donors (Lipinski definition) is 1. The number of rotatable bonds is 9. The van der Waals surface area contributed by atoms with Crippen molar-refractivity contribution in [2.45, 2.75) is 253 Å². The molecule has 3 saturated heterocycles. The minimum Gasteiger partial charge on any atom is -1.00 e. The zero-order valence-electron chi connectivity index (χ0n) is 50.2. The molecule has 0 atom stereocenters. The van der Waals surface area contributed by atoms with Gasteiger partial charge in [-0.2, -0.15) is 0 Å². The van der Waals surface area contributed by atoms with Gasteiger partial charge < -0.3 is 54.1 Å². The van der Waals surface area contributed by atoms with Crippen LogP contribution in [0.3, 0.4) is 0 Å². The van der Waals surface area contributed by atoms with Gasteiger partial charge in [-0.1, -0.05) is 123 Å². The zero-order chi connectivity index (χ0) is 61.7. The Morgan fingerprint density at radius 3 is 0.880 bits per heavy atom. The normalized spacial score (nSPS) is 14.6. The summed E-state index contributed by atoms with van der Waals surface area (Å²) >= 11 is 2.48. The predicted molar refractivity (Wildman–Crippen MR) is 362 cm³/mol. The van der Waals surface area contributed by atoms with Crippen LogP contribution in [0.2, 0.25) is 0 Å². The summed E-state index contributed by atoms with van der Waals surface area (Å²) in [6.07, 6.45) is -11.0. The first-order valence-electron chi connectivity index (χ1n) is 23.7. The smallest absolute Gasteiger partial charge is 1.00 e. The minimum absolute atomic E-state index is 0. The molecule has 3 aromatic rings. The molecule has 6 rings (SSSR count). The van der Waals surface area contributed by atoms with Crippen molar-refractivity contribution in [1.29, 1.82) is 0 Å². The molecule has 546 valence electrons. The standard InChI is InChI=1S/C20H31B2FO5.C10H13FO.C8H10O.C6H13BO2.C2H5F.CH2BrF.2CF4.CH2O3.12CH4.2K.H/c1-17(2)18(3,4)26-21(25-17)14-11-15(13-16(12-14)24-10-9-23)22-27-19(5,6)20(7,8)28-22;1-8-5-9(2)7-10(6-8)12-4-3-11;1-6-3-7(2)5-8(9)4-6;1-5(2)6(3,4)9-7-8-5;1-2-3;2-1-3;2*2-1(3,4)5;2-1-4-3;;;;;;;;;;;;;;;/h11-13H,9-10H2,1-8H3;5-7H,3-4H2,1-2H3;3-5,9H,1-2H3;7H,1-4H3;2H2,1H3;1H2;;;1,3H;12*1H4;;;/q;;;;;;;;;;;;;;;;;;;;;2*+1;-1/p-1. The molecule has 0 amide bonds. The Labute approximate surface area is 648 Å². The molecule has 0 aliphatic carbocycles. The number of aromatic hydroxyl groups is 1. The molecule has 3 fully saturated rings. The van der Waals surface area contributed by atoms with Crippen molar-refractivity contribution in [2.75, 3.05) is 38.8 Å². The van der Waals surface area contributed by atoms with Gasteiger partial charge in [0.2, 0.25) is 0 Å². The monoisotopic (exact) mass is 1480 g/mol. The van der Waals surface area contributed by atoms with Gasteiger partial charge in [-0.25, -0.2) is 13.2 Å². The van der Waals surface area contributed by atoms with Gasteiger partial charge in [-0.3, -0.25) is 9.18 Å². The maximum atomic E-state index is 12.7. The second-order valence-corrected chi connectivity index (χ2v) is 20.0. The Morgan fingerprint density at radius 1 is 0.500 bits per heavy atom. The summed E-state index contributed by atoms with van der Waals surface area (Å²) in [6.45, 7) is 32.3. The fraction of sp³-hybridized carbons (Fsp3) is 0.694. The van der Waals surface area contributed by atoms with E-state index in [2.05, 4.69) is 26.9 Å². The van der Waals surface area contributed by atoms with Crippen LogP contribution in [0.4, 0.5) is 52.7 Å². The van der Waals surface area contributed by atoms with Crippen LogP contribution in [0.25, 0.3) is 0 Å². The van der Waals surface area contributed by atoms with E-state index in [0.717, 1.165) is 38.9 Å². The molecule has 0 aromatic heterocycles. The maximum Gasteiger partial charge on any atom is 1.00 e. The first-order chi connectivity index (χ1) is 35.4. The van der Waals surface area contributed by atoms with E-state index in [4.69, 9.17) is 52.6 Å². The van der Waals surface area contributed by atoms with Gasteiger partial charge >= 0.3 is 138 Å². The average molecular weight is 1480 g/mol. The summed E-state index contributed by atoms with van der Waals surface area (Å²) in [5, 5.41) is 17.4.